The first kappa shape index (κ1) is 18.3. The Morgan fingerprint density at radius 1 is 1.12 bits per heavy atom. The standard InChI is InChI=1S/C21H22O4/c1-5-12-25-18-9-6-16(7-10-18)19(22)11-8-17-13-15(2)14-20(23-3)21(17)24-4/h5-11,13-14H,1,12H2,2-4H3. The molecule has 0 atom stereocenters. The summed E-state index contributed by atoms with van der Waals surface area (Å²) >= 11 is 0. The van der Waals surface area contributed by atoms with Gasteiger partial charge in [-0.05, 0) is 61.0 Å². The van der Waals surface area contributed by atoms with Crippen LogP contribution in [0.25, 0.3) is 6.08 Å². The molecule has 2 aromatic carbocycles. The molecule has 0 aliphatic carbocycles. The highest BCUT2D eigenvalue weighted by Gasteiger charge is 2.10. The maximum absolute atomic E-state index is 12.4. The van der Waals surface area contributed by atoms with Crippen LogP contribution in [0.2, 0.25) is 0 Å². The maximum atomic E-state index is 12.4. The minimum atomic E-state index is -0.0993. The van der Waals surface area contributed by atoms with E-state index in [2.05, 4.69) is 6.58 Å². The number of methoxy groups -OCH3 is 2. The van der Waals surface area contributed by atoms with Gasteiger partial charge >= 0.3 is 0 Å². The smallest absolute Gasteiger partial charge is 0.185 e. The highest BCUT2D eigenvalue weighted by atomic mass is 16.5. The van der Waals surface area contributed by atoms with E-state index < -0.39 is 0 Å². The normalized spacial score (nSPS) is 10.5. The zero-order chi connectivity index (χ0) is 18.2. The Morgan fingerprint density at radius 3 is 2.44 bits per heavy atom. The Balaban J connectivity index is 2.20. The van der Waals surface area contributed by atoms with Crippen LogP contribution < -0.4 is 14.2 Å². The number of aryl methyl sites for hydroxylation is 1. The molecule has 0 unspecified atom stereocenters. The monoisotopic (exact) mass is 338 g/mol. The van der Waals surface area contributed by atoms with Crippen LogP contribution in [0.1, 0.15) is 21.5 Å². The number of allylic oxidation sites excluding steroid dienone is 1. The summed E-state index contributed by atoms with van der Waals surface area (Å²) in [5, 5.41) is 0. The molecule has 0 fully saturated rings. The van der Waals surface area contributed by atoms with Crippen molar-refractivity contribution >= 4 is 11.9 Å². The molecule has 0 spiro atoms. The van der Waals surface area contributed by atoms with Gasteiger partial charge in [0.25, 0.3) is 0 Å². The molecular formula is C21H22O4. The summed E-state index contributed by atoms with van der Waals surface area (Å²) in [4.78, 5) is 12.4. The molecule has 0 aromatic heterocycles. The fourth-order valence-electron chi connectivity index (χ4n) is 2.39. The average Bonchev–Trinajstić information content (AvgIpc) is 2.64. The number of ketones is 1. The predicted octanol–water partition coefficient (Wildman–Crippen LogP) is 4.47. The van der Waals surface area contributed by atoms with Gasteiger partial charge in [-0.1, -0.05) is 12.7 Å². The Kier molecular flexibility index (Phi) is 6.40. The summed E-state index contributed by atoms with van der Waals surface area (Å²) in [5.41, 5.74) is 2.40. The summed E-state index contributed by atoms with van der Waals surface area (Å²) in [6, 6.07) is 10.8. The summed E-state index contributed by atoms with van der Waals surface area (Å²) in [7, 11) is 3.17. The Bertz CT molecular complexity index is 773. The van der Waals surface area contributed by atoms with Gasteiger partial charge in [0.2, 0.25) is 0 Å². The molecule has 0 heterocycles. The van der Waals surface area contributed by atoms with Gasteiger partial charge in [-0.25, -0.2) is 0 Å². The molecule has 0 saturated carbocycles. The minimum Gasteiger partial charge on any atom is -0.493 e. The SMILES string of the molecule is C=CCOc1ccc(C(=O)C=Cc2cc(C)cc(OC)c2OC)cc1. The lowest BCUT2D eigenvalue weighted by Gasteiger charge is -2.11. The molecule has 0 bridgehead atoms. The van der Waals surface area contributed by atoms with Crippen molar-refractivity contribution in [3.63, 3.8) is 0 Å². The van der Waals surface area contributed by atoms with Crippen LogP contribution in [0.3, 0.4) is 0 Å². The van der Waals surface area contributed by atoms with Crippen LogP contribution in [0.5, 0.6) is 17.2 Å². The van der Waals surface area contributed by atoms with Gasteiger partial charge < -0.3 is 14.2 Å². The Morgan fingerprint density at radius 2 is 1.84 bits per heavy atom. The second kappa shape index (κ2) is 8.73. The van der Waals surface area contributed by atoms with E-state index in [1.165, 1.54) is 6.08 Å². The average molecular weight is 338 g/mol. The van der Waals surface area contributed by atoms with Gasteiger partial charge in [0.1, 0.15) is 12.4 Å². The summed E-state index contributed by atoms with van der Waals surface area (Å²) in [5.74, 6) is 1.84. The van der Waals surface area contributed by atoms with Crippen molar-refractivity contribution in [2.45, 2.75) is 6.92 Å². The summed E-state index contributed by atoms with van der Waals surface area (Å²) in [6.45, 7) is 5.99. The van der Waals surface area contributed by atoms with Crippen molar-refractivity contribution in [3.8, 4) is 17.2 Å². The van der Waals surface area contributed by atoms with E-state index >= 15 is 0 Å². The fourth-order valence-corrected chi connectivity index (χ4v) is 2.39. The second-order valence-corrected chi connectivity index (χ2v) is 5.41. The van der Waals surface area contributed by atoms with Gasteiger partial charge in [0.05, 0.1) is 14.2 Å². The van der Waals surface area contributed by atoms with Crippen LogP contribution in [0.15, 0.2) is 55.1 Å². The van der Waals surface area contributed by atoms with E-state index in [0.717, 1.165) is 11.1 Å². The molecule has 130 valence electrons. The van der Waals surface area contributed by atoms with E-state index in [0.29, 0.717) is 29.4 Å². The molecule has 0 radical (unpaired) electrons. The van der Waals surface area contributed by atoms with E-state index in [1.54, 1.807) is 50.6 Å². The molecular weight excluding hydrogens is 316 g/mol. The number of rotatable bonds is 8. The first-order valence-electron chi connectivity index (χ1n) is 7.87. The van der Waals surface area contributed by atoms with E-state index in [9.17, 15) is 4.79 Å². The lowest BCUT2D eigenvalue weighted by atomic mass is 10.1. The quantitative estimate of drug-likeness (QED) is 0.405. The first-order chi connectivity index (χ1) is 12.1. The van der Waals surface area contributed by atoms with Gasteiger partial charge in [-0.15, -0.1) is 0 Å². The van der Waals surface area contributed by atoms with Crippen molar-refractivity contribution in [2.24, 2.45) is 0 Å². The molecule has 25 heavy (non-hydrogen) atoms. The number of carbonyl (C=O) groups is 1. The first-order valence-corrected chi connectivity index (χ1v) is 7.87. The molecule has 2 rings (SSSR count). The number of carbonyl (C=O) groups excluding carboxylic acids is 1. The number of hydrogen-bond acceptors (Lipinski definition) is 4. The van der Waals surface area contributed by atoms with Crippen molar-refractivity contribution < 1.29 is 19.0 Å². The fraction of sp³-hybridized carbons (Fsp3) is 0.190. The van der Waals surface area contributed by atoms with E-state index in [4.69, 9.17) is 14.2 Å². The third-order valence-corrected chi connectivity index (χ3v) is 3.57. The van der Waals surface area contributed by atoms with Crippen molar-refractivity contribution in [3.05, 3.63) is 71.8 Å². The lowest BCUT2D eigenvalue weighted by molar-refractivity contribution is 0.104. The Labute approximate surface area is 148 Å². The second-order valence-electron chi connectivity index (χ2n) is 5.41. The van der Waals surface area contributed by atoms with Gasteiger partial charge in [-0.3, -0.25) is 4.79 Å². The summed E-state index contributed by atoms with van der Waals surface area (Å²) in [6.07, 6.45) is 4.93. The summed E-state index contributed by atoms with van der Waals surface area (Å²) < 4.78 is 16.1. The van der Waals surface area contributed by atoms with Gasteiger partial charge in [-0.2, -0.15) is 0 Å². The Hall–Kier alpha value is -3.01. The molecule has 4 heteroatoms. The topological polar surface area (TPSA) is 44.8 Å². The van der Waals surface area contributed by atoms with Crippen LogP contribution in [0, 0.1) is 6.92 Å². The molecule has 2 aromatic rings. The van der Waals surface area contributed by atoms with Crippen molar-refractivity contribution in [1.29, 1.82) is 0 Å². The third kappa shape index (κ3) is 4.73. The zero-order valence-corrected chi connectivity index (χ0v) is 14.7. The highest BCUT2D eigenvalue weighted by Crippen LogP contribution is 2.33. The zero-order valence-electron chi connectivity index (χ0n) is 14.7. The molecule has 0 N–H and O–H groups in total. The van der Waals surface area contributed by atoms with Crippen LogP contribution in [0.4, 0.5) is 0 Å². The number of benzene rings is 2. The maximum Gasteiger partial charge on any atom is 0.185 e. The predicted molar refractivity (Wildman–Crippen MR) is 99.8 cm³/mol. The largest absolute Gasteiger partial charge is 0.493 e. The number of ether oxygens (including phenoxy) is 3. The molecule has 0 saturated heterocycles. The molecule has 0 aliphatic rings. The third-order valence-electron chi connectivity index (χ3n) is 3.57. The molecule has 0 aliphatic heterocycles. The molecule has 0 amide bonds. The van der Waals surface area contributed by atoms with Crippen molar-refractivity contribution in [2.75, 3.05) is 20.8 Å². The van der Waals surface area contributed by atoms with Crippen LogP contribution in [-0.2, 0) is 0 Å². The van der Waals surface area contributed by atoms with E-state index in [1.807, 2.05) is 19.1 Å². The van der Waals surface area contributed by atoms with Crippen LogP contribution in [-0.4, -0.2) is 26.6 Å². The lowest BCUT2D eigenvalue weighted by Crippen LogP contribution is -1.97. The van der Waals surface area contributed by atoms with Gasteiger partial charge in [0, 0.05) is 11.1 Å². The van der Waals surface area contributed by atoms with Crippen LogP contribution >= 0.6 is 0 Å². The van der Waals surface area contributed by atoms with E-state index in [-0.39, 0.29) is 5.78 Å². The highest BCUT2D eigenvalue weighted by molar-refractivity contribution is 6.07. The van der Waals surface area contributed by atoms with Gasteiger partial charge in [0.15, 0.2) is 17.3 Å². The van der Waals surface area contributed by atoms with Crippen molar-refractivity contribution in [1.82, 2.24) is 0 Å². The minimum absolute atomic E-state index is 0.0993. The number of hydrogen-bond donors (Lipinski definition) is 0. The molecule has 4 nitrogen and oxygen atoms in total.